The van der Waals surface area contributed by atoms with E-state index in [0.717, 1.165) is 12.1 Å². The molecule has 2 rings (SSSR count). The molecule has 0 saturated heterocycles. The quantitative estimate of drug-likeness (QED) is 0.0888. The summed E-state index contributed by atoms with van der Waals surface area (Å²) in [5.41, 5.74) is -3.57. The SMILES string of the molecule is CC(C)(C)OC(=O)C[C@@H](NC(=O)c1cc(O)cc(OCCOCCOc2cc(O)cc(C(=O)N[C@H](CC(=O)OC(C)(C)C)C(=O)OC(C)(C)C)c2)c1)C(=O)OC(C)(C)C. The van der Waals surface area contributed by atoms with Crippen molar-refractivity contribution in [2.75, 3.05) is 26.4 Å². The van der Waals surface area contributed by atoms with Gasteiger partial charge < -0.3 is 54.0 Å². The van der Waals surface area contributed by atoms with E-state index < -0.39 is 83.0 Å². The third-order valence-corrected chi connectivity index (χ3v) is 6.87. The maximum absolute atomic E-state index is 13.2. The summed E-state index contributed by atoms with van der Waals surface area (Å²) in [6.07, 6.45) is -0.979. The van der Waals surface area contributed by atoms with Crippen LogP contribution in [0.2, 0.25) is 0 Å². The van der Waals surface area contributed by atoms with Gasteiger partial charge in [-0.15, -0.1) is 0 Å². The van der Waals surface area contributed by atoms with Gasteiger partial charge in [0.05, 0.1) is 26.1 Å². The number of carbonyl (C=O) groups excluding carboxylic acids is 6. The van der Waals surface area contributed by atoms with Gasteiger partial charge in [-0.05, 0) is 107 Å². The van der Waals surface area contributed by atoms with Crippen molar-refractivity contribution in [3.05, 3.63) is 47.5 Å². The second-order valence-electron chi connectivity index (χ2n) is 17.4. The zero-order chi connectivity index (χ0) is 44.9. The van der Waals surface area contributed by atoms with Gasteiger partial charge in [0.15, 0.2) is 0 Å². The number of carbonyl (C=O) groups is 6. The van der Waals surface area contributed by atoms with Gasteiger partial charge in [0.25, 0.3) is 11.8 Å². The van der Waals surface area contributed by atoms with Gasteiger partial charge in [0.2, 0.25) is 0 Å². The third-order valence-electron chi connectivity index (χ3n) is 6.87. The molecule has 2 amide bonds. The number of nitrogens with one attached hydrogen (secondary N) is 2. The fourth-order valence-corrected chi connectivity index (χ4v) is 4.85. The van der Waals surface area contributed by atoms with E-state index in [9.17, 15) is 39.0 Å². The zero-order valence-corrected chi connectivity index (χ0v) is 36.1. The molecule has 59 heavy (non-hydrogen) atoms. The largest absolute Gasteiger partial charge is 0.508 e. The fraction of sp³-hybridized carbons (Fsp3) is 0.571. The summed E-state index contributed by atoms with van der Waals surface area (Å²) < 4.78 is 38.3. The maximum atomic E-state index is 13.2. The Hall–Kier alpha value is -5.58. The van der Waals surface area contributed by atoms with Gasteiger partial charge >= 0.3 is 23.9 Å². The third kappa shape index (κ3) is 20.6. The van der Waals surface area contributed by atoms with Crippen LogP contribution >= 0.6 is 0 Å². The van der Waals surface area contributed by atoms with Crippen LogP contribution in [-0.2, 0) is 42.9 Å². The summed E-state index contributed by atoms with van der Waals surface area (Å²) in [5.74, 6) is -5.08. The molecule has 2 aromatic rings. The van der Waals surface area contributed by atoms with Crippen molar-refractivity contribution >= 4 is 35.7 Å². The second kappa shape index (κ2) is 20.9. The number of phenols is 2. The molecule has 0 radical (unpaired) electrons. The van der Waals surface area contributed by atoms with E-state index in [-0.39, 0.29) is 60.6 Å². The van der Waals surface area contributed by atoms with Crippen molar-refractivity contribution in [2.24, 2.45) is 0 Å². The first-order valence-corrected chi connectivity index (χ1v) is 19.0. The van der Waals surface area contributed by atoms with E-state index in [1.165, 1.54) is 24.3 Å². The molecule has 328 valence electrons. The van der Waals surface area contributed by atoms with Gasteiger partial charge in [0.1, 0.15) is 70.7 Å². The van der Waals surface area contributed by atoms with Crippen molar-refractivity contribution < 1.29 is 72.1 Å². The molecule has 0 aliphatic carbocycles. The number of benzene rings is 2. The van der Waals surface area contributed by atoms with Gasteiger partial charge in [-0.2, -0.15) is 0 Å². The molecule has 0 heterocycles. The van der Waals surface area contributed by atoms with Crippen LogP contribution in [0, 0.1) is 0 Å². The average molecular weight is 833 g/mol. The fourth-order valence-electron chi connectivity index (χ4n) is 4.85. The summed E-state index contributed by atoms with van der Waals surface area (Å²) >= 11 is 0. The van der Waals surface area contributed by atoms with E-state index in [4.69, 9.17) is 33.2 Å². The maximum Gasteiger partial charge on any atom is 0.329 e. The molecule has 0 unspecified atom stereocenters. The van der Waals surface area contributed by atoms with Crippen LogP contribution in [0.3, 0.4) is 0 Å². The number of rotatable bonds is 18. The van der Waals surface area contributed by atoms with E-state index in [1.807, 2.05) is 0 Å². The summed E-state index contributed by atoms with van der Waals surface area (Å²) in [4.78, 5) is 77.2. The highest BCUT2D eigenvalue weighted by Crippen LogP contribution is 2.24. The Kier molecular flexibility index (Phi) is 17.6. The van der Waals surface area contributed by atoms with E-state index >= 15 is 0 Å². The molecule has 2 aromatic carbocycles. The highest BCUT2D eigenvalue weighted by molar-refractivity contribution is 5.99. The number of hydrogen-bond donors (Lipinski definition) is 4. The first kappa shape index (κ1) is 49.6. The minimum Gasteiger partial charge on any atom is -0.508 e. The number of aromatic hydroxyl groups is 2. The predicted molar refractivity (Wildman–Crippen MR) is 213 cm³/mol. The second-order valence-corrected chi connectivity index (χ2v) is 17.4. The van der Waals surface area contributed by atoms with Gasteiger partial charge in [-0.25, -0.2) is 9.59 Å². The molecule has 2 atom stereocenters. The normalized spacial score (nSPS) is 12.9. The lowest BCUT2D eigenvalue weighted by Gasteiger charge is -2.25. The summed E-state index contributed by atoms with van der Waals surface area (Å²) in [6.45, 7) is 20.0. The summed E-state index contributed by atoms with van der Waals surface area (Å²) in [6, 6.07) is 4.78. The Balaban J connectivity index is 1.98. The topological polar surface area (TPSA) is 232 Å². The Labute approximate surface area is 345 Å². The van der Waals surface area contributed by atoms with Crippen LogP contribution in [0.4, 0.5) is 0 Å². The summed E-state index contributed by atoms with van der Waals surface area (Å²) in [7, 11) is 0. The molecule has 0 spiro atoms. The molecule has 0 aliphatic heterocycles. The number of phenolic OH excluding ortho intramolecular Hbond substituents is 2. The highest BCUT2D eigenvalue weighted by Gasteiger charge is 2.33. The van der Waals surface area contributed by atoms with Crippen LogP contribution in [0.1, 0.15) is 117 Å². The molecule has 0 aromatic heterocycles. The smallest absolute Gasteiger partial charge is 0.329 e. The number of esters is 4. The van der Waals surface area contributed by atoms with Gasteiger partial charge in [-0.1, -0.05) is 0 Å². The van der Waals surface area contributed by atoms with Crippen LogP contribution < -0.4 is 20.1 Å². The zero-order valence-electron chi connectivity index (χ0n) is 36.1. The molecule has 0 bridgehead atoms. The molecule has 4 N–H and O–H groups in total. The molecule has 17 heteroatoms. The van der Waals surface area contributed by atoms with Crippen LogP contribution in [0.5, 0.6) is 23.0 Å². The number of hydrogen-bond acceptors (Lipinski definition) is 15. The molecular formula is C42H60N2O15. The van der Waals surface area contributed by atoms with Gasteiger partial charge in [-0.3, -0.25) is 19.2 Å². The minimum absolute atomic E-state index is 0.0117. The monoisotopic (exact) mass is 832 g/mol. The first-order valence-electron chi connectivity index (χ1n) is 19.0. The molecule has 17 nitrogen and oxygen atoms in total. The van der Waals surface area contributed by atoms with Crippen LogP contribution in [0.25, 0.3) is 0 Å². The van der Waals surface area contributed by atoms with Crippen molar-refractivity contribution in [2.45, 2.75) is 130 Å². The highest BCUT2D eigenvalue weighted by atomic mass is 16.6. The first-order chi connectivity index (χ1) is 27.0. The lowest BCUT2D eigenvalue weighted by atomic mass is 10.1. The standard InChI is InChI=1S/C42H60N2O15/c1-39(2,3)56-33(47)23-31(37(51)58-41(7,8)9)43-35(49)25-17-27(45)21-29(19-25)54-15-13-53-14-16-55-30-20-26(18-28(46)22-30)36(50)44-32(38(52)59-42(10,11)12)24-34(48)57-40(4,5)6/h17-22,31-32,45-46H,13-16,23-24H2,1-12H3,(H,43,49)(H,44,50)/t31-,32-/m1/s1. The van der Waals surface area contributed by atoms with E-state index in [0.29, 0.717) is 0 Å². The van der Waals surface area contributed by atoms with E-state index in [1.54, 1.807) is 83.1 Å². The van der Waals surface area contributed by atoms with Crippen LogP contribution in [0.15, 0.2) is 36.4 Å². The van der Waals surface area contributed by atoms with Crippen molar-refractivity contribution in [3.8, 4) is 23.0 Å². The number of amides is 2. The summed E-state index contributed by atoms with van der Waals surface area (Å²) in [5, 5.41) is 25.5. The van der Waals surface area contributed by atoms with E-state index in [2.05, 4.69) is 10.6 Å². The Morgan fingerprint density at radius 1 is 0.492 bits per heavy atom. The van der Waals surface area contributed by atoms with Gasteiger partial charge in [0, 0.05) is 23.3 Å². The lowest BCUT2D eigenvalue weighted by Crippen LogP contribution is -2.46. The lowest BCUT2D eigenvalue weighted by molar-refractivity contribution is -0.164. The molecule has 0 aliphatic rings. The van der Waals surface area contributed by atoms with Crippen molar-refractivity contribution in [1.82, 2.24) is 10.6 Å². The van der Waals surface area contributed by atoms with Crippen LogP contribution in [-0.4, -0.2) is 107 Å². The molecule has 0 saturated carbocycles. The predicted octanol–water partition coefficient (Wildman–Crippen LogP) is 4.92. The molecule has 0 fully saturated rings. The molecular weight excluding hydrogens is 772 g/mol. The Bertz CT molecular complexity index is 1670. The van der Waals surface area contributed by atoms with Crippen molar-refractivity contribution in [1.29, 1.82) is 0 Å². The Morgan fingerprint density at radius 3 is 1.12 bits per heavy atom. The average Bonchev–Trinajstić information content (AvgIpc) is 3.03. The Morgan fingerprint density at radius 2 is 0.814 bits per heavy atom. The number of ether oxygens (including phenoxy) is 7. The van der Waals surface area contributed by atoms with Crippen molar-refractivity contribution in [3.63, 3.8) is 0 Å². The minimum atomic E-state index is -1.38.